The van der Waals surface area contributed by atoms with E-state index in [9.17, 15) is 19.2 Å². The number of nitrogens with one attached hydrogen (secondary N) is 1. The zero-order valence-corrected chi connectivity index (χ0v) is 23.3. The number of benzene rings is 2. The van der Waals surface area contributed by atoms with Crippen molar-refractivity contribution in [3.8, 4) is 16.9 Å². The van der Waals surface area contributed by atoms with Gasteiger partial charge in [-0.15, -0.1) is 11.3 Å². The molecule has 8 nitrogen and oxygen atoms in total. The van der Waals surface area contributed by atoms with E-state index in [2.05, 4.69) is 5.32 Å². The molecule has 39 heavy (non-hydrogen) atoms. The normalized spacial score (nSPS) is 13.4. The van der Waals surface area contributed by atoms with Crippen molar-refractivity contribution in [1.82, 2.24) is 4.90 Å². The summed E-state index contributed by atoms with van der Waals surface area (Å²) in [6.07, 6.45) is 0.916. The summed E-state index contributed by atoms with van der Waals surface area (Å²) < 4.78 is 10.8. The van der Waals surface area contributed by atoms with E-state index in [1.807, 2.05) is 45.0 Å². The average Bonchev–Trinajstić information content (AvgIpc) is 3.44. The summed E-state index contributed by atoms with van der Waals surface area (Å²) in [7, 11) is 0. The maximum Gasteiger partial charge on any atom is 0.341 e. The number of hydrogen-bond donors (Lipinski definition) is 1. The van der Waals surface area contributed by atoms with Gasteiger partial charge in [0, 0.05) is 10.9 Å². The third-order valence-electron chi connectivity index (χ3n) is 6.44. The maximum absolute atomic E-state index is 13.7. The number of rotatable bonds is 11. The van der Waals surface area contributed by atoms with E-state index in [0.29, 0.717) is 35.8 Å². The number of carbonyl (C=O) groups excluding carboxylic acids is 4. The number of ether oxygens (including phenoxy) is 2. The van der Waals surface area contributed by atoms with Crippen LogP contribution in [0.1, 0.15) is 71.6 Å². The van der Waals surface area contributed by atoms with Crippen molar-refractivity contribution in [2.24, 2.45) is 5.92 Å². The van der Waals surface area contributed by atoms with Gasteiger partial charge in [0.1, 0.15) is 22.4 Å². The van der Waals surface area contributed by atoms with Gasteiger partial charge in [-0.05, 0) is 62.4 Å². The number of amides is 3. The van der Waals surface area contributed by atoms with Gasteiger partial charge in [-0.3, -0.25) is 19.3 Å². The van der Waals surface area contributed by atoms with E-state index in [0.717, 1.165) is 10.5 Å². The summed E-state index contributed by atoms with van der Waals surface area (Å²) in [6.45, 7) is 8.33. The molecule has 2 aromatic carbocycles. The fourth-order valence-electron chi connectivity index (χ4n) is 4.52. The fourth-order valence-corrected chi connectivity index (χ4v) is 5.48. The Morgan fingerprint density at radius 1 is 0.897 bits per heavy atom. The van der Waals surface area contributed by atoms with Crippen molar-refractivity contribution < 1.29 is 28.7 Å². The molecule has 204 valence electrons. The molecular weight excluding hydrogens is 516 g/mol. The summed E-state index contributed by atoms with van der Waals surface area (Å²) in [5.74, 6) is -1.14. The maximum atomic E-state index is 13.7. The molecule has 1 aliphatic rings. The van der Waals surface area contributed by atoms with Crippen LogP contribution in [-0.4, -0.2) is 47.8 Å². The summed E-state index contributed by atoms with van der Waals surface area (Å²) in [5.41, 5.74) is 2.16. The highest BCUT2D eigenvalue weighted by Gasteiger charge is 2.42. The lowest BCUT2D eigenvalue weighted by Gasteiger charge is -2.26. The molecule has 3 aromatic rings. The predicted octanol–water partition coefficient (Wildman–Crippen LogP) is 6.03. The molecule has 0 spiro atoms. The first-order valence-corrected chi connectivity index (χ1v) is 13.9. The molecule has 0 saturated carbocycles. The molecule has 0 saturated heterocycles. The highest BCUT2D eigenvalue weighted by Crippen LogP contribution is 2.37. The Kier molecular flexibility index (Phi) is 8.81. The monoisotopic (exact) mass is 548 g/mol. The first-order chi connectivity index (χ1) is 18.8. The van der Waals surface area contributed by atoms with Gasteiger partial charge in [-0.1, -0.05) is 38.1 Å². The quantitative estimate of drug-likeness (QED) is 0.232. The lowest BCUT2D eigenvalue weighted by molar-refractivity contribution is -0.120. The Morgan fingerprint density at radius 2 is 1.54 bits per heavy atom. The number of anilines is 1. The second-order valence-corrected chi connectivity index (χ2v) is 10.4. The van der Waals surface area contributed by atoms with E-state index in [1.54, 1.807) is 36.6 Å². The summed E-state index contributed by atoms with van der Waals surface area (Å²) in [5, 5.41) is 4.93. The van der Waals surface area contributed by atoms with Crippen molar-refractivity contribution in [2.75, 3.05) is 18.5 Å². The molecule has 3 amide bonds. The SMILES string of the molecule is CCOC(=O)c1c(-c2ccc(OCC)cc2)csc1NC(=O)C(CCC(C)C)N1C(=O)c2ccccc2C1=O. The van der Waals surface area contributed by atoms with Gasteiger partial charge in [-0.25, -0.2) is 4.79 Å². The second-order valence-electron chi connectivity index (χ2n) is 9.53. The van der Waals surface area contributed by atoms with E-state index < -0.39 is 29.7 Å². The largest absolute Gasteiger partial charge is 0.494 e. The van der Waals surface area contributed by atoms with Gasteiger partial charge in [-0.2, -0.15) is 0 Å². The van der Waals surface area contributed by atoms with Gasteiger partial charge < -0.3 is 14.8 Å². The van der Waals surface area contributed by atoms with Gasteiger partial charge in [0.2, 0.25) is 5.91 Å². The molecule has 0 fully saturated rings. The summed E-state index contributed by atoms with van der Waals surface area (Å²) >= 11 is 1.19. The molecular formula is C30H32N2O6S. The van der Waals surface area contributed by atoms with Crippen LogP contribution in [0.15, 0.2) is 53.9 Å². The molecule has 1 aliphatic heterocycles. The lowest BCUT2D eigenvalue weighted by atomic mass is 10.0. The molecule has 1 aromatic heterocycles. The zero-order valence-electron chi connectivity index (χ0n) is 22.5. The minimum Gasteiger partial charge on any atom is -0.494 e. The number of carbonyl (C=O) groups is 4. The molecule has 4 rings (SSSR count). The number of thiophene rings is 1. The van der Waals surface area contributed by atoms with E-state index in [4.69, 9.17) is 9.47 Å². The standard InChI is InChI=1S/C30H32N2O6S/c1-5-37-20-14-12-19(13-15-20)23-17-39-27(25(23)30(36)38-6-2)31-26(33)24(16-11-18(3)4)32-28(34)21-9-7-8-10-22(21)29(32)35/h7-10,12-15,17-18,24H,5-6,11,16H2,1-4H3,(H,31,33). The molecule has 1 atom stereocenters. The third-order valence-corrected chi connectivity index (χ3v) is 7.34. The van der Waals surface area contributed by atoms with Gasteiger partial charge in [0.05, 0.1) is 24.3 Å². The smallest absolute Gasteiger partial charge is 0.341 e. The average molecular weight is 549 g/mol. The number of nitrogens with zero attached hydrogens (tertiary/aromatic N) is 1. The van der Waals surface area contributed by atoms with Crippen molar-refractivity contribution in [3.05, 3.63) is 70.6 Å². The molecule has 2 heterocycles. The van der Waals surface area contributed by atoms with Crippen LogP contribution in [0.4, 0.5) is 5.00 Å². The first kappa shape index (κ1) is 28.0. The van der Waals surface area contributed by atoms with Crippen LogP contribution >= 0.6 is 11.3 Å². The predicted molar refractivity (Wildman–Crippen MR) is 150 cm³/mol. The van der Waals surface area contributed by atoms with Gasteiger partial charge in [0.15, 0.2) is 0 Å². The molecule has 0 bridgehead atoms. The van der Waals surface area contributed by atoms with E-state index in [-0.39, 0.29) is 29.2 Å². The molecule has 1 unspecified atom stereocenters. The summed E-state index contributed by atoms with van der Waals surface area (Å²) in [4.78, 5) is 54.3. The van der Waals surface area contributed by atoms with Crippen LogP contribution < -0.4 is 10.1 Å². The highest BCUT2D eigenvalue weighted by molar-refractivity contribution is 7.15. The van der Waals surface area contributed by atoms with E-state index in [1.165, 1.54) is 11.3 Å². The van der Waals surface area contributed by atoms with Crippen LogP contribution in [0.3, 0.4) is 0 Å². The molecule has 0 aliphatic carbocycles. The number of hydrogen-bond acceptors (Lipinski definition) is 7. The van der Waals surface area contributed by atoms with Crippen molar-refractivity contribution in [1.29, 1.82) is 0 Å². The van der Waals surface area contributed by atoms with Gasteiger partial charge >= 0.3 is 5.97 Å². The summed E-state index contributed by atoms with van der Waals surface area (Å²) in [6, 6.07) is 12.8. The minimum atomic E-state index is -1.04. The first-order valence-electron chi connectivity index (χ1n) is 13.1. The second kappa shape index (κ2) is 12.3. The van der Waals surface area contributed by atoms with Crippen LogP contribution in [0, 0.1) is 5.92 Å². The Labute approximate surface area is 231 Å². The van der Waals surface area contributed by atoms with Crippen LogP contribution in [0.2, 0.25) is 0 Å². The Balaban J connectivity index is 1.67. The fraction of sp³-hybridized carbons (Fsp3) is 0.333. The van der Waals surface area contributed by atoms with Crippen LogP contribution in [0.25, 0.3) is 11.1 Å². The molecule has 9 heteroatoms. The number of imide groups is 1. The van der Waals surface area contributed by atoms with Gasteiger partial charge in [0.25, 0.3) is 11.8 Å². The topological polar surface area (TPSA) is 102 Å². The van der Waals surface area contributed by atoms with Crippen molar-refractivity contribution in [3.63, 3.8) is 0 Å². The highest BCUT2D eigenvalue weighted by atomic mass is 32.1. The minimum absolute atomic E-state index is 0.164. The van der Waals surface area contributed by atoms with Crippen molar-refractivity contribution >= 4 is 40.0 Å². The molecule has 0 radical (unpaired) electrons. The lowest BCUT2D eigenvalue weighted by Crippen LogP contribution is -2.47. The van der Waals surface area contributed by atoms with Crippen LogP contribution in [0.5, 0.6) is 5.75 Å². The number of fused-ring (bicyclic) bond motifs is 1. The Bertz CT molecular complexity index is 1340. The Morgan fingerprint density at radius 3 is 2.10 bits per heavy atom. The Hall–Kier alpha value is -3.98. The van der Waals surface area contributed by atoms with Crippen molar-refractivity contribution in [2.45, 2.75) is 46.6 Å². The zero-order chi connectivity index (χ0) is 28.1. The third kappa shape index (κ3) is 5.88. The molecule has 1 N–H and O–H groups in total. The van der Waals surface area contributed by atoms with E-state index >= 15 is 0 Å². The number of esters is 1. The van der Waals surface area contributed by atoms with Crippen LogP contribution in [-0.2, 0) is 9.53 Å².